The predicted octanol–water partition coefficient (Wildman–Crippen LogP) is 15.6. The molecule has 108 heavy (non-hydrogen) atoms. The lowest BCUT2D eigenvalue weighted by molar-refractivity contribution is 0.380. The van der Waals surface area contributed by atoms with Crippen molar-refractivity contribution in [2.24, 2.45) is 7.05 Å². The van der Waals surface area contributed by atoms with E-state index in [9.17, 15) is 24.4 Å². The highest BCUT2D eigenvalue weighted by atomic mass is 16.5. The van der Waals surface area contributed by atoms with E-state index in [0.29, 0.717) is 84.7 Å². The molecule has 3 atom stereocenters. The van der Waals surface area contributed by atoms with Gasteiger partial charge in [0.15, 0.2) is 0 Å². The molecular formula is C84H75N19O5. The number of aryl methyl sites for hydroxylation is 4. The Labute approximate surface area is 621 Å². The zero-order valence-corrected chi connectivity index (χ0v) is 60.9. The minimum atomic E-state index is -0.397. The van der Waals surface area contributed by atoms with Gasteiger partial charge in [-0.15, -0.1) is 0 Å². The highest BCUT2D eigenvalue weighted by Gasteiger charge is 2.26. The maximum absolute atomic E-state index is 14.3. The van der Waals surface area contributed by atoms with Crippen LogP contribution in [0.5, 0.6) is 6.01 Å². The summed E-state index contributed by atoms with van der Waals surface area (Å²) in [4.78, 5) is 91.5. The van der Waals surface area contributed by atoms with E-state index >= 15 is 0 Å². The monoisotopic (exact) mass is 1430 g/mol. The second-order valence-electron chi connectivity index (χ2n) is 26.0. The Morgan fingerprint density at radius 1 is 0.509 bits per heavy atom. The first kappa shape index (κ1) is 73.3. The van der Waals surface area contributed by atoms with Gasteiger partial charge in [0.1, 0.15) is 34.9 Å². The number of rotatable bonds is 16. The molecule has 9 heterocycles. The molecule has 24 heteroatoms. The summed E-state index contributed by atoms with van der Waals surface area (Å²) in [6.07, 6.45) is 9.87. The number of methoxy groups -OCH3 is 1. The maximum Gasteiger partial charge on any atom is 0.316 e. The number of nitrogen functional groups attached to an aromatic ring is 2. The van der Waals surface area contributed by atoms with Crippen LogP contribution in [-0.4, -0.2) is 60.3 Å². The van der Waals surface area contributed by atoms with E-state index in [0.717, 1.165) is 61.2 Å². The van der Waals surface area contributed by atoms with Crippen LogP contribution in [0.1, 0.15) is 98.6 Å². The molecule has 14 rings (SSSR count). The van der Waals surface area contributed by atoms with Crippen molar-refractivity contribution in [1.82, 2.24) is 53.2 Å². The lowest BCUT2D eigenvalue weighted by Crippen LogP contribution is -2.28. The highest BCUT2D eigenvalue weighted by Crippen LogP contribution is 2.37. The van der Waals surface area contributed by atoms with E-state index in [1.807, 2.05) is 187 Å². The highest BCUT2D eigenvalue weighted by molar-refractivity contribution is 5.99. The third kappa shape index (κ3) is 14.9. The minimum absolute atomic E-state index is 0.111. The van der Waals surface area contributed by atoms with Crippen LogP contribution in [0.25, 0.3) is 86.8 Å². The SMILES string of the molecule is COc1ncc(-c2cccc3cc([C@H](C)Nc4nccc(N)c4C#N)n(-c4ccccc4)c(=O)c23)cn1.[C-]#[N+]c1c(C)nc(C)nc1N[C@@H](C)c1cc2cccc(-c3ccnc(C)c3)c2c(=O)n1-c1ccccc1.[C-]#[N+]c1c(N)ccnc1N[C@@H](C)c1cc2cccc(-c3ccc(=O)n(C)c3)c2c(=O)n1C(C)C. The Morgan fingerprint density at radius 3 is 1.53 bits per heavy atom. The zero-order chi connectivity index (χ0) is 76.6. The number of nitrogens with one attached hydrogen (secondary N) is 3. The summed E-state index contributed by atoms with van der Waals surface area (Å²) in [7, 11) is 3.19. The van der Waals surface area contributed by atoms with Crippen molar-refractivity contribution in [3.05, 3.63) is 311 Å². The lowest BCUT2D eigenvalue weighted by Gasteiger charge is -2.24. The summed E-state index contributed by atoms with van der Waals surface area (Å²) in [5, 5.41) is 23.7. The van der Waals surface area contributed by atoms with E-state index in [-0.39, 0.29) is 57.6 Å². The Morgan fingerprint density at radius 2 is 1.00 bits per heavy atom. The second-order valence-corrected chi connectivity index (χ2v) is 26.0. The molecule has 0 spiro atoms. The Bertz CT molecular complexity index is 6180. The smallest absolute Gasteiger partial charge is 0.316 e. The molecule has 14 aromatic rings. The Kier molecular flexibility index (Phi) is 21.5. The summed E-state index contributed by atoms with van der Waals surface area (Å²) in [6, 6.07) is 53.8. The largest absolute Gasteiger partial charge is 0.467 e. The fourth-order valence-corrected chi connectivity index (χ4v) is 13.3. The van der Waals surface area contributed by atoms with Crippen LogP contribution < -0.4 is 54.4 Å². The Balaban J connectivity index is 0.000000151. The van der Waals surface area contributed by atoms with Crippen LogP contribution >= 0.6 is 0 Å². The number of pyridine rings is 7. The van der Waals surface area contributed by atoms with Gasteiger partial charge in [-0.05, 0) is 172 Å². The van der Waals surface area contributed by atoms with Crippen molar-refractivity contribution in [2.45, 2.75) is 79.6 Å². The van der Waals surface area contributed by atoms with E-state index in [1.54, 1.807) is 90.0 Å². The van der Waals surface area contributed by atoms with Crippen molar-refractivity contribution in [3.63, 3.8) is 0 Å². The summed E-state index contributed by atoms with van der Waals surface area (Å²) in [6.45, 7) is 30.3. The molecule has 0 saturated heterocycles. The molecule has 0 fully saturated rings. The molecule has 24 nitrogen and oxygen atoms in total. The quantitative estimate of drug-likeness (QED) is 0.0561. The van der Waals surface area contributed by atoms with Gasteiger partial charge in [0.2, 0.25) is 16.9 Å². The maximum atomic E-state index is 14.3. The standard InChI is InChI=1S/C30H26N6O.C28H23N7O2.C26H26N6O2/c1-18-16-22(14-15-32-18)25-13-9-10-23-17-26(36(30(37)27(23)25)24-11-7-6-8-12-24)19(2)34-29-28(31-5)20(3)33-21(4)35-29;1-17(34-26-22(14-29)23(30)11-12-31-26)24-13-18-7-6-10-21(19-15-32-28(37-2)33-16-19)25(18)27(36)35(24)20-8-4-3-5-9-20;1-15(2)32-21(16(3)30-25-24(28-4)20(27)11-12-29-25)13-17-7-6-8-19(23(17)26(32)34)18-9-10-22(33)31(5)14-18/h6-17,19H,1-4H3,(H,33,34,35);3-13,15-17H,1-2H3,(H3,30,31,34);6-16H,1-3,5H3,(H3,27,29,30)/t19-;17-;16-/m000/s1. The van der Waals surface area contributed by atoms with Crippen molar-refractivity contribution < 1.29 is 4.74 Å². The first-order valence-corrected chi connectivity index (χ1v) is 34.5. The zero-order valence-electron chi connectivity index (χ0n) is 60.9. The second kappa shape index (κ2) is 31.7. The number of nitrogens with zero attached hydrogens (tertiary/aromatic N) is 14. The van der Waals surface area contributed by atoms with E-state index in [1.165, 1.54) is 17.7 Å². The molecule has 9 aromatic heterocycles. The number of hydrogen-bond acceptors (Lipinski definition) is 18. The average molecular weight is 1430 g/mol. The number of hydrogen-bond donors (Lipinski definition) is 5. The summed E-state index contributed by atoms with van der Waals surface area (Å²) >= 11 is 0. The first-order valence-electron chi connectivity index (χ1n) is 34.5. The van der Waals surface area contributed by atoms with Crippen molar-refractivity contribution in [3.8, 4) is 56.8 Å². The number of nitriles is 1. The number of fused-ring (bicyclic) bond motifs is 3. The molecule has 0 unspecified atom stereocenters. The minimum Gasteiger partial charge on any atom is -0.467 e. The van der Waals surface area contributed by atoms with E-state index in [4.69, 9.17) is 29.3 Å². The number of anilines is 5. The molecule has 0 bridgehead atoms. The number of aromatic nitrogens is 11. The van der Waals surface area contributed by atoms with Crippen LogP contribution in [0, 0.1) is 45.2 Å². The molecule has 0 aliphatic carbocycles. The molecule has 536 valence electrons. The third-order valence-electron chi connectivity index (χ3n) is 18.4. The van der Waals surface area contributed by atoms with Gasteiger partial charge < -0.3 is 41.3 Å². The molecular weight excluding hydrogens is 1360 g/mol. The van der Waals surface area contributed by atoms with Gasteiger partial charge in [-0.2, -0.15) is 5.26 Å². The number of benzene rings is 5. The van der Waals surface area contributed by atoms with Crippen LogP contribution in [-0.2, 0) is 7.05 Å². The van der Waals surface area contributed by atoms with Gasteiger partial charge in [0.25, 0.3) is 16.7 Å². The fourth-order valence-electron chi connectivity index (χ4n) is 13.3. The number of ether oxygens (including phenoxy) is 1. The molecule has 0 saturated carbocycles. The first-order chi connectivity index (χ1) is 52.1. The summed E-state index contributed by atoms with van der Waals surface area (Å²) in [5.74, 6) is 1.77. The molecule has 0 radical (unpaired) electrons. The van der Waals surface area contributed by atoms with Crippen LogP contribution in [0.2, 0.25) is 0 Å². The van der Waals surface area contributed by atoms with Crippen molar-refractivity contribution >= 4 is 72.5 Å². The van der Waals surface area contributed by atoms with Crippen LogP contribution in [0.3, 0.4) is 0 Å². The number of nitrogens with two attached hydrogens (primary N) is 2. The molecule has 0 aliphatic heterocycles. The van der Waals surface area contributed by atoms with Gasteiger partial charge in [-0.1, -0.05) is 91.0 Å². The topological polar surface area (TPSA) is 308 Å². The lowest BCUT2D eigenvalue weighted by atomic mass is 9.98. The fraction of sp³-hybridized carbons (Fsp3) is 0.167. The summed E-state index contributed by atoms with van der Waals surface area (Å²) < 4.78 is 11.8. The van der Waals surface area contributed by atoms with Gasteiger partial charge in [0.05, 0.1) is 65.9 Å². The van der Waals surface area contributed by atoms with Crippen LogP contribution in [0.4, 0.5) is 40.2 Å². The van der Waals surface area contributed by atoms with Gasteiger partial charge in [0, 0.05) is 102 Å². The molecule has 0 amide bonds. The molecule has 5 aromatic carbocycles. The predicted molar refractivity (Wildman–Crippen MR) is 426 cm³/mol. The van der Waals surface area contributed by atoms with Crippen LogP contribution in [0.15, 0.2) is 226 Å². The van der Waals surface area contributed by atoms with Crippen molar-refractivity contribution in [2.75, 3.05) is 34.5 Å². The molecule has 7 N–H and O–H groups in total. The Hall–Kier alpha value is -14.4. The summed E-state index contributed by atoms with van der Waals surface area (Å²) in [5.41, 5.74) is 22.9. The normalized spacial score (nSPS) is 11.8. The number of para-hydroxylation sites is 2. The van der Waals surface area contributed by atoms with Crippen molar-refractivity contribution in [1.29, 1.82) is 5.26 Å². The third-order valence-corrected chi connectivity index (χ3v) is 18.4. The van der Waals surface area contributed by atoms with E-state index in [2.05, 4.69) is 66.6 Å². The average Bonchev–Trinajstić information content (AvgIpc) is 0.765. The van der Waals surface area contributed by atoms with Gasteiger partial charge in [-0.3, -0.25) is 38.3 Å². The van der Waals surface area contributed by atoms with E-state index < -0.39 is 6.04 Å². The molecule has 0 aliphatic rings. The van der Waals surface area contributed by atoms with Gasteiger partial charge in [-0.25, -0.2) is 34.6 Å². The van der Waals surface area contributed by atoms with Gasteiger partial charge >= 0.3 is 6.01 Å².